The molecule has 0 saturated heterocycles. The third-order valence-corrected chi connectivity index (χ3v) is 10.6. The normalized spacial score (nSPS) is 11.3. The van der Waals surface area contributed by atoms with Gasteiger partial charge >= 0.3 is 253 Å². The third-order valence-electron chi connectivity index (χ3n) is 8.01. The topological polar surface area (TPSA) is 3.24 Å². The zero-order valence-electron chi connectivity index (χ0n) is 22.9. The van der Waals surface area contributed by atoms with Gasteiger partial charge in [0.25, 0.3) is 0 Å². The number of benzene rings is 7. The Hall–Kier alpha value is -4.88. The molecular formula is C40H27NSe. The van der Waals surface area contributed by atoms with Gasteiger partial charge in [0.1, 0.15) is 0 Å². The molecule has 1 aromatic heterocycles. The molecule has 0 fully saturated rings. The van der Waals surface area contributed by atoms with Gasteiger partial charge in [0, 0.05) is 0 Å². The van der Waals surface area contributed by atoms with Crippen LogP contribution in [0.15, 0.2) is 164 Å². The zero-order valence-corrected chi connectivity index (χ0v) is 24.7. The molecule has 7 aromatic carbocycles. The summed E-state index contributed by atoms with van der Waals surface area (Å²) >= 11 is 0.287. The van der Waals surface area contributed by atoms with Crippen LogP contribution in [0.5, 0.6) is 0 Å². The van der Waals surface area contributed by atoms with Crippen molar-refractivity contribution in [1.82, 2.24) is 0 Å². The van der Waals surface area contributed by atoms with Gasteiger partial charge < -0.3 is 0 Å². The van der Waals surface area contributed by atoms with Crippen LogP contribution in [0.25, 0.3) is 52.3 Å². The van der Waals surface area contributed by atoms with Gasteiger partial charge in [-0.3, -0.25) is 0 Å². The summed E-state index contributed by atoms with van der Waals surface area (Å²) in [4.78, 5) is 2.41. The number of para-hydroxylation sites is 1. The van der Waals surface area contributed by atoms with Gasteiger partial charge in [-0.2, -0.15) is 0 Å². The Bertz CT molecular complexity index is 2120. The summed E-state index contributed by atoms with van der Waals surface area (Å²) in [6, 6.07) is 59.6. The second kappa shape index (κ2) is 10.5. The Balaban J connectivity index is 1.37. The summed E-state index contributed by atoms with van der Waals surface area (Å²) in [5.41, 5.74) is 8.28. The van der Waals surface area contributed by atoms with Crippen LogP contribution in [0.1, 0.15) is 0 Å². The molecule has 0 aliphatic rings. The summed E-state index contributed by atoms with van der Waals surface area (Å²) in [5, 5.41) is 5.44. The summed E-state index contributed by atoms with van der Waals surface area (Å²) in [6.07, 6.45) is 0. The average molecular weight is 601 g/mol. The molecule has 0 radical (unpaired) electrons. The molecule has 0 unspecified atom stereocenters. The molecule has 0 amide bonds. The molecule has 0 aliphatic carbocycles. The molecule has 1 heterocycles. The maximum absolute atomic E-state index is 2.41. The molecule has 0 atom stereocenters. The predicted molar refractivity (Wildman–Crippen MR) is 181 cm³/mol. The molecule has 0 bridgehead atoms. The van der Waals surface area contributed by atoms with Gasteiger partial charge in [-0.05, 0) is 0 Å². The molecular weight excluding hydrogens is 573 g/mol. The van der Waals surface area contributed by atoms with Crippen molar-refractivity contribution >= 4 is 61.6 Å². The summed E-state index contributed by atoms with van der Waals surface area (Å²) in [6.45, 7) is 0. The van der Waals surface area contributed by atoms with Crippen LogP contribution in [-0.2, 0) is 0 Å². The van der Waals surface area contributed by atoms with Gasteiger partial charge in [0.05, 0.1) is 0 Å². The summed E-state index contributed by atoms with van der Waals surface area (Å²) < 4.78 is 2.95. The Kier molecular flexibility index (Phi) is 6.22. The first-order valence-electron chi connectivity index (χ1n) is 14.3. The molecule has 2 heteroatoms. The van der Waals surface area contributed by atoms with Gasteiger partial charge in [0.2, 0.25) is 0 Å². The van der Waals surface area contributed by atoms with E-state index in [1.807, 2.05) is 0 Å². The van der Waals surface area contributed by atoms with Gasteiger partial charge in [0.15, 0.2) is 0 Å². The van der Waals surface area contributed by atoms with Gasteiger partial charge in [-0.15, -0.1) is 0 Å². The third kappa shape index (κ3) is 4.43. The Morgan fingerprint density at radius 1 is 0.357 bits per heavy atom. The van der Waals surface area contributed by atoms with E-state index in [9.17, 15) is 0 Å². The van der Waals surface area contributed by atoms with Gasteiger partial charge in [-0.1, -0.05) is 0 Å². The Morgan fingerprint density at radius 3 is 1.67 bits per heavy atom. The van der Waals surface area contributed by atoms with E-state index in [1.165, 1.54) is 58.0 Å². The molecule has 198 valence electrons. The molecule has 0 spiro atoms. The van der Waals surface area contributed by atoms with E-state index >= 15 is 0 Å². The number of anilines is 3. The fourth-order valence-electron chi connectivity index (χ4n) is 5.99. The predicted octanol–water partition coefficient (Wildman–Crippen LogP) is 11.0. The van der Waals surface area contributed by atoms with Crippen LogP contribution in [0.2, 0.25) is 0 Å². The number of fused-ring (bicyclic) bond motifs is 5. The molecule has 0 aliphatic heterocycles. The number of hydrogen-bond acceptors (Lipinski definition) is 1. The minimum absolute atomic E-state index is 0.287. The van der Waals surface area contributed by atoms with Crippen LogP contribution in [0.4, 0.5) is 17.1 Å². The van der Waals surface area contributed by atoms with Crippen LogP contribution in [-0.4, -0.2) is 14.5 Å². The Labute approximate surface area is 251 Å². The van der Waals surface area contributed by atoms with E-state index in [4.69, 9.17) is 0 Å². The maximum atomic E-state index is 2.41. The van der Waals surface area contributed by atoms with E-state index in [0.29, 0.717) is 0 Å². The zero-order chi connectivity index (χ0) is 27.9. The molecule has 8 rings (SSSR count). The minimum atomic E-state index is 0.287. The van der Waals surface area contributed by atoms with E-state index in [0.717, 1.165) is 11.4 Å². The average Bonchev–Trinajstić information content (AvgIpc) is 3.45. The molecule has 42 heavy (non-hydrogen) atoms. The van der Waals surface area contributed by atoms with Crippen molar-refractivity contribution in [3.8, 4) is 22.3 Å². The quantitative estimate of drug-likeness (QED) is 0.178. The van der Waals surface area contributed by atoms with Crippen LogP contribution < -0.4 is 4.90 Å². The van der Waals surface area contributed by atoms with Crippen molar-refractivity contribution in [2.24, 2.45) is 0 Å². The summed E-state index contributed by atoms with van der Waals surface area (Å²) in [5.74, 6) is 0. The van der Waals surface area contributed by atoms with Crippen molar-refractivity contribution in [2.75, 3.05) is 4.90 Å². The number of nitrogens with zero attached hydrogens (tertiary/aromatic N) is 1. The molecule has 0 saturated carbocycles. The Morgan fingerprint density at radius 2 is 0.976 bits per heavy atom. The number of rotatable bonds is 5. The van der Waals surface area contributed by atoms with E-state index in [2.05, 4.69) is 169 Å². The first-order chi connectivity index (χ1) is 20.8. The number of hydrogen-bond donors (Lipinski definition) is 0. The van der Waals surface area contributed by atoms with Crippen molar-refractivity contribution in [2.45, 2.75) is 0 Å². The molecule has 8 aromatic rings. The second-order valence-corrected chi connectivity index (χ2v) is 12.8. The van der Waals surface area contributed by atoms with E-state index < -0.39 is 0 Å². The van der Waals surface area contributed by atoms with Crippen molar-refractivity contribution in [1.29, 1.82) is 0 Å². The standard InChI is InChI=1S/C40H27NSe/c1-4-12-28(13-5-1)31-24-32(29-14-6-2-7-15-29)26-35(25-31)41(33-17-8-3-9-18-33)34-21-23-39-38(27-34)37-22-20-30-16-10-11-19-36(30)40(37)42-39/h1-27H. The van der Waals surface area contributed by atoms with Crippen molar-refractivity contribution < 1.29 is 0 Å². The van der Waals surface area contributed by atoms with E-state index in [1.54, 1.807) is 0 Å². The fraction of sp³-hybridized carbons (Fsp3) is 0. The van der Waals surface area contributed by atoms with Crippen molar-refractivity contribution in [3.63, 3.8) is 0 Å². The van der Waals surface area contributed by atoms with Crippen LogP contribution in [0.3, 0.4) is 0 Å². The van der Waals surface area contributed by atoms with Crippen LogP contribution in [0, 0.1) is 0 Å². The first kappa shape index (κ1) is 24.9. The van der Waals surface area contributed by atoms with Crippen LogP contribution >= 0.6 is 0 Å². The first-order valence-corrected chi connectivity index (χ1v) is 16.0. The molecule has 1 nitrogen and oxygen atoms in total. The van der Waals surface area contributed by atoms with E-state index in [-0.39, 0.29) is 14.5 Å². The van der Waals surface area contributed by atoms with Gasteiger partial charge in [-0.25, -0.2) is 0 Å². The van der Waals surface area contributed by atoms with Crippen molar-refractivity contribution in [3.05, 3.63) is 164 Å². The SMILES string of the molecule is c1ccc(-c2cc(-c3ccccc3)cc(N(c3ccccc3)c3ccc4[se]c5c6ccccc6ccc5c4c3)c2)cc1. The summed E-state index contributed by atoms with van der Waals surface area (Å²) in [7, 11) is 0. The fourth-order valence-corrected chi connectivity index (χ4v) is 8.55. The second-order valence-electron chi connectivity index (χ2n) is 10.6. The monoisotopic (exact) mass is 601 g/mol. The molecule has 0 N–H and O–H groups in total.